The molecule has 0 unspecified atom stereocenters. The maximum absolute atomic E-state index is 5.67. The Morgan fingerprint density at radius 1 is 1.18 bits per heavy atom. The van der Waals surface area contributed by atoms with Gasteiger partial charge in [0.05, 0.1) is 13.7 Å². The van der Waals surface area contributed by atoms with Crippen LogP contribution in [0, 0.1) is 5.92 Å². The number of guanidine groups is 1. The van der Waals surface area contributed by atoms with E-state index in [9.17, 15) is 0 Å². The lowest BCUT2D eigenvalue weighted by Gasteiger charge is -2.13. The lowest BCUT2D eigenvalue weighted by Crippen LogP contribution is -2.39. The molecule has 0 atom stereocenters. The second kappa shape index (κ2) is 10.9. The Labute approximate surface area is 134 Å². The molecule has 0 aromatic heterocycles. The number of aliphatic imine (C=N–C) groups is 1. The zero-order valence-corrected chi connectivity index (χ0v) is 14.2. The number of ether oxygens (including phenoxy) is 2. The van der Waals surface area contributed by atoms with Gasteiger partial charge >= 0.3 is 0 Å². The standard InChI is InChI=1S/C17H29N3O2/c1-14(2)12-20-17(18-3)19-10-5-11-22-13-15-6-8-16(21-4)9-7-15/h6-9,14H,5,10-13H2,1-4H3,(H2,18,19,20). The van der Waals surface area contributed by atoms with E-state index in [1.807, 2.05) is 24.3 Å². The SMILES string of the molecule is CN=C(NCCCOCc1ccc(OC)cc1)NCC(C)C. The van der Waals surface area contributed by atoms with Crippen molar-refractivity contribution < 1.29 is 9.47 Å². The molecule has 0 amide bonds. The third kappa shape index (κ3) is 7.88. The van der Waals surface area contributed by atoms with Gasteiger partial charge in [-0.15, -0.1) is 0 Å². The van der Waals surface area contributed by atoms with Crippen molar-refractivity contribution in [3.05, 3.63) is 29.8 Å². The lowest BCUT2D eigenvalue weighted by molar-refractivity contribution is 0.119. The highest BCUT2D eigenvalue weighted by Crippen LogP contribution is 2.11. The summed E-state index contributed by atoms with van der Waals surface area (Å²) in [5.41, 5.74) is 1.16. The molecular formula is C17H29N3O2. The van der Waals surface area contributed by atoms with Crippen LogP contribution >= 0.6 is 0 Å². The number of nitrogens with zero attached hydrogens (tertiary/aromatic N) is 1. The molecule has 0 spiro atoms. The van der Waals surface area contributed by atoms with E-state index >= 15 is 0 Å². The van der Waals surface area contributed by atoms with Gasteiger partial charge in [-0.25, -0.2) is 0 Å². The molecule has 0 saturated heterocycles. The van der Waals surface area contributed by atoms with Gasteiger partial charge in [0.1, 0.15) is 5.75 Å². The Hall–Kier alpha value is -1.75. The highest BCUT2D eigenvalue weighted by molar-refractivity contribution is 5.79. The summed E-state index contributed by atoms with van der Waals surface area (Å²) in [5.74, 6) is 2.32. The van der Waals surface area contributed by atoms with Gasteiger partial charge in [0.15, 0.2) is 5.96 Å². The summed E-state index contributed by atoms with van der Waals surface area (Å²) in [4.78, 5) is 4.18. The molecule has 1 rings (SSSR count). The van der Waals surface area contributed by atoms with Crippen molar-refractivity contribution in [2.75, 3.05) is 33.9 Å². The molecule has 0 radical (unpaired) electrons. The molecule has 0 aliphatic heterocycles. The van der Waals surface area contributed by atoms with Gasteiger partial charge in [-0.1, -0.05) is 26.0 Å². The van der Waals surface area contributed by atoms with Crippen molar-refractivity contribution in [3.63, 3.8) is 0 Å². The predicted molar refractivity (Wildman–Crippen MR) is 91.5 cm³/mol. The number of methoxy groups -OCH3 is 1. The number of hydrogen-bond acceptors (Lipinski definition) is 3. The van der Waals surface area contributed by atoms with Gasteiger partial charge in [-0.2, -0.15) is 0 Å². The van der Waals surface area contributed by atoms with Crippen LogP contribution in [0.2, 0.25) is 0 Å². The van der Waals surface area contributed by atoms with Crippen molar-refractivity contribution in [2.45, 2.75) is 26.9 Å². The van der Waals surface area contributed by atoms with Crippen molar-refractivity contribution >= 4 is 5.96 Å². The summed E-state index contributed by atoms with van der Waals surface area (Å²) in [7, 11) is 3.46. The topological polar surface area (TPSA) is 54.9 Å². The lowest BCUT2D eigenvalue weighted by atomic mass is 10.2. The molecule has 0 fully saturated rings. The van der Waals surface area contributed by atoms with Crippen LogP contribution in [0.25, 0.3) is 0 Å². The van der Waals surface area contributed by atoms with E-state index in [0.29, 0.717) is 12.5 Å². The minimum atomic E-state index is 0.603. The maximum atomic E-state index is 5.67. The quantitative estimate of drug-likeness (QED) is 0.418. The molecule has 5 nitrogen and oxygen atoms in total. The van der Waals surface area contributed by atoms with Crippen LogP contribution < -0.4 is 15.4 Å². The smallest absolute Gasteiger partial charge is 0.190 e. The summed E-state index contributed by atoms with van der Waals surface area (Å²) in [5, 5.41) is 6.56. The average molecular weight is 307 g/mol. The van der Waals surface area contributed by atoms with Crippen LogP contribution in [-0.4, -0.2) is 39.8 Å². The fourth-order valence-electron chi connectivity index (χ4n) is 1.81. The van der Waals surface area contributed by atoms with Crippen molar-refractivity contribution in [2.24, 2.45) is 10.9 Å². The third-order valence-corrected chi connectivity index (χ3v) is 3.09. The summed E-state index contributed by atoms with van der Waals surface area (Å²) in [6.45, 7) is 7.47. The van der Waals surface area contributed by atoms with E-state index in [1.54, 1.807) is 14.2 Å². The molecule has 0 aliphatic carbocycles. The van der Waals surface area contributed by atoms with Crippen LogP contribution in [0.1, 0.15) is 25.8 Å². The Balaban J connectivity index is 2.09. The molecule has 1 aromatic rings. The number of hydrogen-bond donors (Lipinski definition) is 2. The van der Waals surface area contributed by atoms with Gasteiger partial charge < -0.3 is 20.1 Å². The van der Waals surface area contributed by atoms with Gasteiger partial charge in [-0.05, 0) is 30.0 Å². The van der Waals surface area contributed by atoms with Crippen LogP contribution in [0.5, 0.6) is 5.75 Å². The highest BCUT2D eigenvalue weighted by atomic mass is 16.5. The van der Waals surface area contributed by atoms with Crippen LogP contribution in [0.4, 0.5) is 0 Å². The molecule has 124 valence electrons. The second-order valence-electron chi connectivity index (χ2n) is 5.53. The van der Waals surface area contributed by atoms with Gasteiger partial charge in [0.25, 0.3) is 0 Å². The van der Waals surface area contributed by atoms with Crippen LogP contribution in [-0.2, 0) is 11.3 Å². The molecule has 2 N–H and O–H groups in total. The highest BCUT2D eigenvalue weighted by Gasteiger charge is 1.99. The molecule has 0 aliphatic rings. The van der Waals surface area contributed by atoms with E-state index in [1.165, 1.54) is 0 Å². The van der Waals surface area contributed by atoms with E-state index in [2.05, 4.69) is 29.5 Å². The second-order valence-corrected chi connectivity index (χ2v) is 5.53. The molecule has 0 saturated carbocycles. The molecule has 0 heterocycles. The molecule has 0 bridgehead atoms. The summed E-state index contributed by atoms with van der Waals surface area (Å²) in [6, 6.07) is 7.94. The normalized spacial score (nSPS) is 11.6. The van der Waals surface area contributed by atoms with Crippen molar-refractivity contribution in [1.82, 2.24) is 10.6 Å². The Morgan fingerprint density at radius 2 is 1.91 bits per heavy atom. The Kier molecular flexibility index (Phi) is 9.07. The fraction of sp³-hybridized carbons (Fsp3) is 0.588. The Morgan fingerprint density at radius 3 is 2.50 bits per heavy atom. The van der Waals surface area contributed by atoms with Crippen LogP contribution in [0.3, 0.4) is 0 Å². The van der Waals surface area contributed by atoms with Crippen molar-refractivity contribution in [1.29, 1.82) is 0 Å². The third-order valence-electron chi connectivity index (χ3n) is 3.09. The maximum Gasteiger partial charge on any atom is 0.190 e. The van der Waals surface area contributed by atoms with Crippen LogP contribution in [0.15, 0.2) is 29.3 Å². The average Bonchev–Trinajstić information content (AvgIpc) is 2.53. The monoisotopic (exact) mass is 307 g/mol. The van der Waals surface area contributed by atoms with E-state index in [4.69, 9.17) is 9.47 Å². The fourth-order valence-corrected chi connectivity index (χ4v) is 1.81. The van der Waals surface area contributed by atoms with Gasteiger partial charge in [0, 0.05) is 26.7 Å². The first-order chi connectivity index (χ1) is 10.7. The Bertz CT molecular complexity index is 430. The first kappa shape index (κ1) is 18.3. The first-order valence-corrected chi connectivity index (χ1v) is 7.81. The van der Waals surface area contributed by atoms with Crippen molar-refractivity contribution in [3.8, 4) is 5.75 Å². The molecule has 5 heteroatoms. The summed E-state index contributed by atoms with van der Waals surface area (Å²) in [6.07, 6.45) is 0.943. The first-order valence-electron chi connectivity index (χ1n) is 7.81. The number of nitrogens with one attached hydrogen (secondary N) is 2. The summed E-state index contributed by atoms with van der Waals surface area (Å²) < 4.78 is 10.8. The molecule has 1 aromatic carbocycles. The zero-order valence-electron chi connectivity index (χ0n) is 14.2. The van der Waals surface area contributed by atoms with E-state index in [0.717, 1.165) is 43.4 Å². The largest absolute Gasteiger partial charge is 0.497 e. The zero-order chi connectivity index (χ0) is 16.2. The van der Waals surface area contributed by atoms with E-state index < -0.39 is 0 Å². The van der Waals surface area contributed by atoms with Gasteiger partial charge in [-0.3, -0.25) is 4.99 Å². The summed E-state index contributed by atoms with van der Waals surface area (Å²) >= 11 is 0. The van der Waals surface area contributed by atoms with E-state index in [-0.39, 0.29) is 0 Å². The molecular weight excluding hydrogens is 278 g/mol. The molecule has 22 heavy (non-hydrogen) atoms. The minimum Gasteiger partial charge on any atom is -0.497 e. The predicted octanol–water partition coefficient (Wildman–Crippen LogP) is 2.42. The number of benzene rings is 1. The minimum absolute atomic E-state index is 0.603. The van der Waals surface area contributed by atoms with Gasteiger partial charge in [0.2, 0.25) is 0 Å². The number of rotatable bonds is 9.